The number of carbonyl (C=O) groups is 1. The molecule has 3 unspecified atom stereocenters. The lowest BCUT2D eigenvalue weighted by molar-refractivity contribution is -0.129. The molecule has 0 aromatic heterocycles. The van der Waals surface area contributed by atoms with Gasteiger partial charge in [-0.25, -0.2) is 0 Å². The van der Waals surface area contributed by atoms with Gasteiger partial charge in [-0.3, -0.25) is 4.79 Å². The van der Waals surface area contributed by atoms with E-state index in [2.05, 4.69) is 13.0 Å². The van der Waals surface area contributed by atoms with Gasteiger partial charge in [0.25, 0.3) is 5.91 Å². The highest BCUT2D eigenvalue weighted by atomic mass is 16.5. The Labute approximate surface area is 119 Å². The Kier molecular flexibility index (Phi) is 3.76. The quantitative estimate of drug-likeness (QED) is 0.895. The molecule has 1 fully saturated rings. The summed E-state index contributed by atoms with van der Waals surface area (Å²) in [5, 5.41) is 0. The van der Waals surface area contributed by atoms with Gasteiger partial charge in [0.15, 0.2) is 0 Å². The van der Waals surface area contributed by atoms with Crippen molar-refractivity contribution in [2.75, 3.05) is 11.4 Å². The fourth-order valence-electron chi connectivity index (χ4n) is 3.24. The third kappa shape index (κ3) is 2.34. The number of hydrogen-bond donors (Lipinski definition) is 1. The molecule has 0 spiro atoms. The van der Waals surface area contributed by atoms with Crippen molar-refractivity contribution in [2.24, 2.45) is 5.73 Å². The number of amides is 1. The van der Waals surface area contributed by atoms with Gasteiger partial charge in [0.2, 0.25) is 0 Å². The Morgan fingerprint density at radius 3 is 2.90 bits per heavy atom. The maximum atomic E-state index is 12.8. The van der Waals surface area contributed by atoms with Crippen LogP contribution in [0.4, 0.5) is 5.69 Å². The molecule has 2 N–H and O–H groups in total. The molecule has 0 bridgehead atoms. The van der Waals surface area contributed by atoms with E-state index in [1.54, 1.807) is 0 Å². The molecule has 2 aliphatic heterocycles. The highest BCUT2D eigenvalue weighted by Gasteiger charge is 2.37. The standard InChI is InChI=1S/C16H22N2O2/c1-11-6-7-12-4-2-3-5-14(12)18(11)16(19)15-9-8-13(10-17)20-15/h2-5,11,13,15H,6-10,17H2,1H3. The normalized spacial score (nSPS) is 29.3. The molecule has 2 heterocycles. The summed E-state index contributed by atoms with van der Waals surface area (Å²) in [7, 11) is 0. The Morgan fingerprint density at radius 2 is 2.15 bits per heavy atom. The highest BCUT2D eigenvalue weighted by molar-refractivity contribution is 5.98. The second-order valence-corrected chi connectivity index (χ2v) is 5.78. The summed E-state index contributed by atoms with van der Waals surface area (Å²) < 4.78 is 5.77. The predicted octanol–water partition coefficient (Wildman–Crippen LogP) is 1.86. The maximum absolute atomic E-state index is 12.8. The minimum Gasteiger partial charge on any atom is -0.364 e. The number of rotatable bonds is 2. The molecule has 3 rings (SSSR count). The van der Waals surface area contributed by atoms with Crippen LogP contribution in [0.5, 0.6) is 0 Å². The van der Waals surface area contributed by atoms with Crippen molar-refractivity contribution in [1.82, 2.24) is 0 Å². The van der Waals surface area contributed by atoms with Crippen LogP contribution >= 0.6 is 0 Å². The summed E-state index contributed by atoms with van der Waals surface area (Å²) in [4.78, 5) is 14.7. The number of benzene rings is 1. The molecule has 1 aromatic rings. The number of ether oxygens (including phenoxy) is 1. The first-order chi connectivity index (χ1) is 9.70. The molecule has 0 saturated carbocycles. The van der Waals surface area contributed by atoms with E-state index >= 15 is 0 Å². The van der Waals surface area contributed by atoms with Crippen molar-refractivity contribution in [1.29, 1.82) is 0 Å². The summed E-state index contributed by atoms with van der Waals surface area (Å²) in [5.74, 6) is 0.0978. The first-order valence-corrected chi connectivity index (χ1v) is 7.47. The molecule has 4 heteroatoms. The van der Waals surface area contributed by atoms with Gasteiger partial charge in [-0.15, -0.1) is 0 Å². The lowest BCUT2D eigenvalue weighted by Gasteiger charge is -2.36. The van der Waals surface area contributed by atoms with Crippen LogP contribution < -0.4 is 10.6 Å². The summed E-state index contributed by atoms with van der Waals surface area (Å²) in [6, 6.07) is 8.42. The smallest absolute Gasteiger partial charge is 0.256 e. The van der Waals surface area contributed by atoms with E-state index < -0.39 is 0 Å². The van der Waals surface area contributed by atoms with Gasteiger partial charge in [-0.2, -0.15) is 0 Å². The molecule has 2 aliphatic rings. The second kappa shape index (κ2) is 5.54. The fourth-order valence-corrected chi connectivity index (χ4v) is 3.24. The SMILES string of the molecule is CC1CCc2ccccc2N1C(=O)C1CCC(CN)O1. The molecule has 20 heavy (non-hydrogen) atoms. The predicted molar refractivity (Wildman–Crippen MR) is 78.7 cm³/mol. The van der Waals surface area contributed by atoms with Crippen LogP contribution in [-0.2, 0) is 16.0 Å². The molecule has 1 aromatic carbocycles. The number of nitrogens with zero attached hydrogens (tertiary/aromatic N) is 1. The summed E-state index contributed by atoms with van der Waals surface area (Å²) in [5.41, 5.74) is 7.94. The summed E-state index contributed by atoms with van der Waals surface area (Å²) in [6.07, 6.45) is 3.44. The number of hydrogen-bond acceptors (Lipinski definition) is 3. The number of carbonyl (C=O) groups excluding carboxylic acids is 1. The van der Waals surface area contributed by atoms with Crippen LogP contribution in [0.25, 0.3) is 0 Å². The van der Waals surface area contributed by atoms with Gasteiger partial charge >= 0.3 is 0 Å². The molecule has 1 saturated heterocycles. The number of aryl methyl sites for hydroxylation is 1. The molecule has 3 atom stereocenters. The minimum absolute atomic E-state index is 0.0410. The monoisotopic (exact) mass is 274 g/mol. The maximum Gasteiger partial charge on any atom is 0.256 e. The lowest BCUT2D eigenvalue weighted by Crippen LogP contribution is -2.47. The molecular weight excluding hydrogens is 252 g/mol. The third-order valence-corrected chi connectivity index (χ3v) is 4.41. The summed E-state index contributed by atoms with van der Waals surface area (Å²) >= 11 is 0. The number of fused-ring (bicyclic) bond motifs is 1. The van der Waals surface area contributed by atoms with E-state index in [0.29, 0.717) is 6.54 Å². The Hall–Kier alpha value is -1.39. The van der Waals surface area contributed by atoms with Gasteiger partial charge in [0, 0.05) is 18.3 Å². The van der Waals surface area contributed by atoms with Crippen molar-refractivity contribution in [3.8, 4) is 0 Å². The van der Waals surface area contributed by atoms with Crippen molar-refractivity contribution < 1.29 is 9.53 Å². The summed E-state index contributed by atoms with van der Waals surface area (Å²) in [6.45, 7) is 2.61. The van der Waals surface area contributed by atoms with Gasteiger partial charge in [0.1, 0.15) is 6.10 Å². The van der Waals surface area contributed by atoms with Crippen molar-refractivity contribution in [3.63, 3.8) is 0 Å². The van der Waals surface area contributed by atoms with Crippen molar-refractivity contribution in [2.45, 2.75) is 50.9 Å². The topological polar surface area (TPSA) is 55.6 Å². The van der Waals surface area contributed by atoms with E-state index in [0.717, 1.165) is 31.4 Å². The Balaban J connectivity index is 1.84. The number of para-hydroxylation sites is 1. The van der Waals surface area contributed by atoms with Crippen LogP contribution in [0.3, 0.4) is 0 Å². The minimum atomic E-state index is -0.322. The zero-order valence-corrected chi connectivity index (χ0v) is 11.9. The zero-order valence-electron chi connectivity index (χ0n) is 11.9. The van der Waals surface area contributed by atoms with Gasteiger partial charge in [-0.1, -0.05) is 18.2 Å². The Bertz CT molecular complexity index is 503. The first kappa shape index (κ1) is 13.6. The van der Waals surface area contributed by atoms with E-state index in [1.165, 1.54) is 5.56 Å². The van der Waals surface area contributed by atoms with E-state index in [1.807, 2.05) is 23.1 Å². The second-order valence-electron chi connectivity index (χ2n) is 5.78. The van der Waals surface area contributed by atoms with Crippen molar-refractivity contribution in [3.05, 3.63) is 29.8 Å². The van der Waals surface area contributed by atoms with Crippen LogP contribution in [0.15, 0.2) is 24.3 Å². The number of nitrogens with two attached hydrogens (primary N) is 1. The molecule has 0 radical (unpaired) electrons. The van der Waals surface area contributed by atoms with Crippen LogP contribution in [0, 0.1) is 0 Å². The molecule has 108 valence electrons. The molecular formula is C16H22N2O2. The van der Waals surface area contributed by atoms with Crippen molar-refractivity contribution >= 4 is 11.6 Å². The molecule has 1 amide bonds. The largest absolute Gasteiger partial charge is 0.364 e. The molecule has 0 aliphatic carbocycles. The van der Waals surface area contributed by atoms with Gasteiger partial charge in [-0.05, 0) is 44.2 Å². The van der Waals surface area contributed by atoms with E-state index in [4.69, 9.17) is 10.5 Å². The number of anilines is 1. The fraction of sp³-hybridized carbons (Fsp3) is 0.562. The average molecular weight is 274 g/mol. The van der Waals surface area contributed by atoms with E-state index in [-0.39, 0.29) is 24.2 Å². The Morgan fingerprint density at radius 1 is 1.35 bits per heavy atom. The van der Waals surface area contributed by atoms with Crippen LogP contribution in [-0.4, -0.2) is 30.7 Å². The zero-order chi connectivity index (χ0) is 14.1. The van der Waals surface area contributed by atoms with Crippen LogP contribution in [0.2, 0.25) is 0 Å². The van der Waals surface area contributed by atoms with E-state index in [9.17, 15) is 4.79 Å². The third-order valence-electron chi connectivity index (χ3n) is 4.41. The van der Waals surface area contributed by atoms with Gasteiger partial charge < -0.3 is 15.4 Å². The lowest BCUT2D eigenvalue weighted by atomic mass is 9.96. The molecule has 4 nitrogen and oxygen atoms in total. The van der Waals surface area contributed by atoms with Crippen LogP contribution in [0.1, 0.15) is 31.7 Å². The average Bonchev–Trinajstić information content (AvgIpc) is 2.95. The first-order valence-electron chi connectivity index (χ1n) is 7.47. The highest BCUT2D eigenvalue weighted by Crippen LogP contribution is 2.33. The van der Waals surface area contributed by atoms with Gasteiger partial charge in [0.05, 0.1) is 6.10 Å².